The molecule has 1 aliphatic carbocycles. The molecule has 0 saturated heterocycles. The highest BCUT2D eigenvalue weighted by Gasteiger charge is 2.29. The zero-order chi connectivity index (χ0) is 17.2. The Morgan fingerprint density at radius 2 is 1.79 bits per heavy atom. The number of fused-ring (bicyclic) bond motifs is 1. The molecule has 7 nitrogen and oxygen atoms in total. The maximum absolute atomic E-state index is 10.6. The summed E-state index contributed by atoms with van der Waals surface area (Å²) in [5.74, 6) is 1.93. The molecular formula is C17H24N4O3. The first-order valence-corrected chi connectivity index (χ1v) is 8.20. The van der Waals surface area contributed by atoms with E-state index in [9.17, 15) is 5.11 Å². The second kappa shape index (κ2) is 6.68. The lowest BCUT2D eigenvalue weighted by Crippen LogP contribution is -2.39. The largest absolute Gasteiger partial charge is 0.493 e. The van der Waals surface area contributed by atoms with E-state index in [1.54, 1.807) is 26.4 Å². The number of methoxy groups -OCH3 is 2. The molecule has 2 aromatic rings. The zero-order valence-corrected chi connectivity index (χ0v) is 14.1. The van der Waals surface area contributed by atoms with Crippen LogP contribution in [0.1, 0.15) is 32.1 Å². The van der Waals surface area contributed by atoms with Gasteiger partial charge in [0.25, 0.3) is 0 Å². The number of ether oxygens (including phenoxy) is 2. The normalized spacial score (nSPS) is 16.8. The summed E-state index contributed by atoms with van der Waals surface area (Å²) in [5.41, 5.74) is 6.04. The van der Waals surface area contributed by atoms with Crippen LogP contribution in [0, 0.1) is 0 Å². The van der Waals surface area contributed by atoms with Crippen molar-refractivity contribution in [2.24, 2.45) is 0 Å². The molecule has 0 bridgehead atoms. The Hall–Kier alpha value is -2.28. The van der Waals surface area contributed by atoms with Gasteiger partial charge in [0.15, 0.2) is 11.5 Å². The Balaban J connectivity index is 1.86. The molecule has 7 heteroatoms. The fourth-order valence-electron chi connectivity index (χ4n) is 3.19. The monoisotopic (exact) mass is 332 g/mol. The van der Waals surface area contributed by atoms with Crippen LogP contribution in [0.25, 0.3) is 10.9 Å². The van der Waals surface area contributed by atoms with Gasteiger partial charge in [-0.15, -0.1) is 0 Å². The summed E-state index contributed by atoms with van der Waals surface area (Å²) in [4.78, 5) is 8.78. The number of nitrogens with zero attached hydrogens (tertiary/aromatic N) is 2. The maximum atomic E-state index is 10.6. The average Bonchev–Trinajstić information content (AvgIpc) is 2.59. The van der Waals surface area contributed by atoms with Crippen LogP contribution in [-0.4, -0.2) is 41.4 Å². The van der Waals surface area contributed by atoms with Gasteiger partial charge in [0.05, 0.1) is 25.3 Å². The quantitative estimate of drug-likeness (QED) is 0.772. The van der Waals surface area contributed by atoms with Gasteiger partial charge in [-0.2, -0.15) is 4.98 Å². The van der Waals surface area contributed by atoms with E-state index in [-0.39, 0.29) is 0 Å². The molecule has 4 N–H and O–H groups in total. The highest BCUT2D eigenvalue weighted by Crippen LogP contribution is 2.34. The fraction of sp³-hybridized carbons (Fsp3) is 0.529. The van der Waals surface area contributed by atoms with Crippen LogP contribution in [-0.2, 0) is 0 Å². The van der Waals surface area contributed by atoms with Gasteiger partial charge in [0.1, 0.15) is 5.82 Å². The van der Waals surface area contributed by atoms with E-state index in [4.69, 9.17) is 15.2 Å². The van der Waals surface area contributed by atoms with Crippen molar-refractivity contribution in [3.63, 3.8) is 0 Å². The number of rotatable bonds is 5. The van der Waals surface area contributed by atoms with Gasteiger partial charge in [-0.05, 0) is 18.9 Å². The van der Waals surface area contributed by atoms with Crippen molar-refractivity contribution in [2.75, 3.05) is 31.8 Å². The summed E-state index contributed by atoms with van der Waals surface area (Å²) >= 11 is 0. The molecule has 1 aromatic heterocycles. The first-order chi connectivity index (χ1) is 11.5. The second-order valence-electron chi connectivity index (χ2n) is 6.30. The number of aromatic nitrogens is 2. The van der Waals surface area contributed by atoms with E-state index >= 15 is 0 Å². The van der Waals surface area contributed by atoms with Crippen molar-refractivity contribution in [3.8, 4) is 11.5 Å². The van der Waals surface area contributed by atoms with Gasteiger partial charge < -0.3 is 25.6 Å². The van der Waals surface area contributed by atoms with E-state index in [2.05, 4.69) is 15.3 Å². The molecule has 0 radical (unpaired) electrons. The van der Waals surface area contributed by atoms with Crippen LogP contribution < -0.4 is 20.5 Å². The van der Waals surface area contributed by atoms with E-state index in [1.807, 2.05) is 0 Å². The lowest BCUT2D eigenvalue weighted by Gasteiger charge is -2.32. The van der Waals surface area contributed by atoms with Gasteiger partial charge >= 0.3 is 0 Å². The number of hydrogen-bond donors (Lipinski definition) is 3. The van der Waals surface area contributed by atoms with Crippen molar-refractivity contribution < 1.29 is 14.6 Å². The minimum atomic E-state index is -0.692. The number of nitrogen functional groups attached to an aromatic ring is 1. The molecule has 0 atom stereocenters. The minimum absolute atomic E-state index is 0.360. The van der Waals surface area contributed by atoms with Crippen molar-refractivity contribution in [1.29, 1.82) is 0 Å². The van der Waals surface area contributed by atoms with Crippen molar-refractivity contribution in [3.05, 3.63) is 12.1 Å². The minimum Gasteiger partial charge on any atom is -0.493 e. The summed E-state index contributed by atoms with van der Waals surface area (Å²) in [6.45, 7) is 0.422. The van der Waals surface area contributed by atoms with Crippen LogP contribution >= 0.6 is 0 Å². The Labute approximate surface area is 141 Å². The predicted molar refractivity (Wildman–Crippen MR) is 93.6 cm³/mol. The van der Waals surface area contributed by atoms with Crippen LogP contribution in [0.5, 0.6) is 11.5 Å². The summed E-state index contributed by atoms with van der Waals surface area (Å²) in [7, 11) is 3.15. The Kier molecular flexibility index (Phi) is 4.62. The topological polar surface area (TPSA) is 103 Å². The molecule has 130 valence electrons. The molecule has 1 aromatic carbocycles. The molecule has 0 aliphatic heterocycles. The molecule has 1 aliphatic rings. The molecule has 0 unspecified atom stereocenters. The summed E-state index contributed by atoms with van der Waals surface area (Å²) in [6, 6.07) is 3.54. The van der Waals surface area contributed by atoms with E-state index in [0.717, 1.165) is 25.7 Å². The smallest absolute Gasteiger partial charge is 0.225 e. The van der Waals surface area contributed by atoms with Crippen molar-refractivity contribution >= 4 is 22.7 Å². The molecule has 1 fully saturated rings. The Morgan fingerprint density at radius 3 is 2.46 bits per heavy atom. The highest BCUT2D eigenvalue weighted by atomic mass is 16.5. The highest BCUT2D eigenvalue weighted by molar-refractivity contribution is 5.91. The van der Waals surface area contributed by atoms with Crippen molar-refractivity contribution in [2.45, 2.75) is 37.7 Å². The number of hydrogen-bond acceptors (Lipinski definition) is 7. The Morgan fingerprint density at radius 1 is 1.12 bits per heavy atom. The molecule has 1 saturated carbocycles. The van der Waals surface area contributed by atoms with Crippen LogP contribution in [0.3, 0.4) is 0 Å². The van der Waals surface area contributed by atoms with Gasteiger partial charge in [-0.3, -0.25) is 0 Å². The molecular weight excluding hydrogens is 308 g/mol. The third-order valence-corrected chi connectivity index (χ3v) is 4.59. The van der Waals surface area contributed by atoms with E-state index in [1.165, 1.54) is 6.42 Å². The third kappa shape index (κ3) is 3.31. The van der Waals surface area contributed by atoms with Crippen LogP contribution in [0.2, 0.25) is 0 Å². The number of benzene rings is 1. The van der Waals surface area contributed by atoms with Gasteiger partial charge in [0.2, 0.25) is 5.95 Å². The molecule has 3 rings (SSSR count). The van der Waals surface area contributed by atoms with E-state index in [0.29, 0.717) is 40.7 Å². The van der Waals surface area contributed by atoms with Gasteiger partial charge in [-0.1, -0.05) is 19.3 Å². The average molecular weight is 332 g/mol. The first kappa shape index (κ1) is 16.6. The number of aliphatic hydroxyl groups is 1. The number of anilines is 2. The first-order valence-electron chi connectivity index (χ1n) is 8.20. The standard InChI is InChI=1S/C17H24N4O3/c1-23-13-8-11-12(9-14(13)24-2)20-16(21-15(11)18)19-10-17(22)6-4-3-5-7-17/h8-9,22H,3-7,10H2,1-2H3,(H3,18,19,20,21). The summed E-state index contributed by atoms with van der Waals surface area (Å²) in [6.07, 6.45) is 4.89. The molecule has 0 amide bonds. The van der Waals surface area contributed by atoms with Crippen molar-refractivity contribution in [1.82, 2.24) is 9.97 Å². The predicted octanol–water partition coefficient (Wildman–Crippen LogP) is 2.34. The fourth-order valence-corrected chi connectivity index (χ4v) is 3.19. The van der Waals surface area contributed by atoms with Crippen LogP contribution in [0.4, 0.5) is 11.8 Å². The number of nitrogens with one attached hydrogen (secondary N) is 1. The molecule has 0 spiro atoms. The molecule has 24 heavy (non-hydrogen) atoms. The summed E-state index contributed by atoms with van der Waals surface area (Å²) < 4.78 is 10.6. The zero-order valence-electron chi connectivity index (χ0n) is 14.1. The second-order valence-corrected chi connectivity index (χ2v) is 6.30. The summed E-state index contributed by atoms with van der Waals surface area (Å²) in [5, 5.41) is 14.4. The molecule has 1 heterocycles. The van der Waals surface area contributed by atoms with Crippen LogP contribution in [0.15, 0.2) is 12.1 Å². The Bertz CT molecular complexity index is 729. The van der Waals surface area contributed by atoms with Gasteiger partial charge in [0, 0.05) is 18.0 Å². The lowest BCUT2D eigenvalue weighted by molar-refractivity contribution is 0.0166. The number of nitrogens with two attached hydrogens (primary N) is 1. The van der Waals surface area contributed by atoms with E-state index < -0.39 is 5.60 Å². The lowest BCUT2D eigenvalue weighted by atomic mass is 9.85. The SMILES string of the molecule is COc1cc2nc(NCC3(O)CCCCC3)nc(N)c2cc1OC. The maximum Gasteiger partial charge on any atom is 0.225 e. The van der Waals surface area contributed by atoms with Gasteiger partial charge in [-0.25, -0.2) is 4.98 Å². The third-order valence-electron chi connectivity index (χ3n) is 4.59.